The lowest BCUT2D eigenvalue weighted by atomic mass is 9.89. The van der Waals surface area contributed by atoms with Crippen LogP contribution in [0.2, 0.25) is 0 Å². The Morgan fingerprint density at radius 1 is 1.38 bits per heavy atom. The van der Waals surface area contributed by atoms with Crippen molar-refractivity contribution in [3.8, 4) is 0 Å². The van der Waals surface area contributed by atoms with Crippen LogP contribution in [0, 0.1) is 0 Å². The molecule has 2 heterocycles. The Bertz CT molecular complexity index is 551. The number of aromatic nitrogens is 3. The molecule has 16 heavy (non-hydrogen) atoms. The van der Waals surface area contributed by atoms with E-state index in [9.17, 15) is 4.79 Å². The predicted molar refractivity (Wildman–Crippen MR) is 61.1 cm³/mol. The minimum atomic E-state index is -0.466. The van der Waals surface area contributed by atoms with E-state index in [-0.39, 0.29) is 5.41 Å². The van der Waals surface area contributed by atoms with Crippen molar-refractivity contribution in [2.45, 2.75) is 26.2 Å². The number of nitrogens with zero attached hydrogens (tertiary/aromatic N) is 2. The largest absolute Gasteiger partial charge is 0.366 e. The number of amides is 1. The molecule has 0 atom stereocenters. The molecule has 0 spiro atoms. The molecular weight excluding hydrogens is 204 g/mol. The summed E-state index contributed by atoms with van der Waals surface area (Å²) < 4.78 is 0. The SMILES string of the molecule is CC(C)(C)c1ncnc2[nH]cc(C(N)=O)c12. The van der Waals surface area contributed by atoms with Crippen LogP contribution in [-0.4, -0.2) is 20.9 Å². The van der Waals surface area contributed by atoms with Gasteiger partial charge in [-0.3, -0.25) is 4.79 Å². The first-order valence-corrected chi connectivity index (χ1v) is 5.03. The van der Waals surface area contributed by atoms with E-state index in [2.05, 4.69) is 15.0 Å². The van der Waals surface area contributed by atoms with Crippen molar-refractivity contribution in [2.75, 3.05) is 0 Å². The first kappa shape index (κ1) is 10.6. The Kier molecular flexibility index (Phi) is 2.18. The van der Waals surface area contributed by atoms with Gasteiger partial charge in [-0.05, 0) is 0 Å². The summed E-state index contributed by atoms with van der Waals surface area (Å²) in [4.78, 5) is 22.6. The van der Waals surface area contributed by atoms with Gasteiger partial charge in [0.25, 0.3) is 5.91 Å². The van der Waals surface area contributed by atoms with Gasteiger partial charge in [0.2, 0.25) is 0 Å². The molecule has 2 aromatic rings. The maximum absolute atomic E-state index is 11.3. The molecule has 0 unspecified atom stereocenters. The highest BCUT2D eigenvalue weighted by Crippen LogP contribution is 2.28. The van der Waals surface area contributed by atoms with Gasteiger partial charge in [0.1, 0.15) is 12.0 Å². The number of carbonyl (C=O) groups excluding carboxylic acids is 1. The van der Waals surface area contributed by atoms with E-state index in [1.165, 1.54) is 6.33 Å². The maximum atomic E-state index is 11.3. The lowest BCUT2D eigenvalue weighted by Gasteiger charge is -2.18. The summed E-state index contributed by atoms with van der Waals surface area (Å²) in [5.74, 6) is -0.466. The normalized spacial score (nSPS) is 11.9. The van der Waals surface area contributed by atoms with Crippen LogP contribution < -0.4 is 5.73 Å². The summed E-state index contributed by atoms with van der Waals surface area (Å²) in [6.07, 6.45) is 3.07. The highest BCUT2D eigenvalue weighted by atomic mass is 16.1. The van der Waals surface area contributed by atoms with Crippen LogP contribution in [0.15, 0.2) is 12.5 Å². The number of nitrogens with two attached hydrogens (primary N) is 1. The zero-order valence-corrected chi connectivity index (χ0v) is 9.53. The van der Waals surface area contributed by atoms with Crippen molar-refractivity contribution in [3.63, 3.8) is 0 Å². The Balaban J connectivity index is 2.84. The summed E-state index contributed by atoms with van der Waals surface area (Å²) >= 11 is 0. The van der Waals surface area contributed by atoms with Crippen LogP contribution in [-0.2, 0) is 5.41 Å². The van der Waals surface area contributed by atoms with Crippen molar-refractivity contribution in [3.05, 3.63) is 23.8 Å². The third-order valence-corrected chi connectivity index (χ3v) is 2.45. The molecular formula is C11H14N4O. The average molecular weight is 218 g/mol. The number of rotatable bonds is 1. The molecule has 0 bridgehead atoms. The smallest absolute Gasteiger partial charge is 0.250 e. The van der Waals surface area contributed by atoms with Crippen LogP contribution in [0.1, 0.15) is 36.8 Å². The molecule has 0 fully saturated rings. The van der Waals surface area contributed by atoms with Crippen LogP contribution in [0.3, 0.4) is 0 Å². The monoisotopic (exact) mass is 218 g/mol. The number of nitrogens with one attached hydrogen (secondary N) is 1. The van der Waals surface area contributed by atoms with E-state index in [0.717, 1.165) is 11.1 Å². The summed E-state index contributed by atoms with van der Waals surface area (Å²) in [5, 5.41) is 0.725. The zero-order valence-electron chi connectivity index (χ0n) is 9.53. The molecule has 2 rings (SSSR count). The Morgan fingerprint density at radius 2 is 2.06 bits per heavy atom. The van der Waals surface area contributed by atoms with Gasteiger partial charge in [-0.15, -0.1) is 0 Å². The second-order valence-electron chi connectivity index (χ2n) is 4.76. The highest BCUT2D eigenvalue weighted by molar-refractivity contribution is 6.06. The van der Waals surface area contributed by atoms with Crippen molar-refractivity contribution < 1.29 is 4.79 Å². The Morgan fingerprint density at radius 3 is 2.62 bits per heavy atom. The number of primary amides is 1. The van der Waals surface area contributed by atoms with E-state index >= 15 is 0 Å². The third-order valence-electron chi connectivity index (χ3n) is 2.45. The van der Waals surface area contributed by atoms with Gasteiger partial charge in [0, 0.05) is 11.6 Å². The average Bonchev–Trinajstić information content (AvgIpc) is 2.58. The van der Waals surface area contributed by atoms with E-state index in [0.29, 0.717) is 11.2 Å². The molecule has 2 aromatic heterocycles. The van der Waals surface area contributed by atoms with Crippen molar-refractivity contribution >= 4 is 16.9 Å². The first-order valence-electron chi connectivity index (χ1n) is 5.03. The van der Waals surface area contributed by atoms with E-state index in [1.807, 2.05) is 20.8 Å². The van der Waals surface area contributed by atoms with Crippen LogP contribution in [0.25, 0.3) is 11.0 Å². The second-order valence-corrected chi connectivity index (χ2v) is 4.76. The number of carbonyl (C=O) groups is 1. The number of H-pyrrole nitrogens is 1. The lowest BCUT2D eigenvalue weighted by molar-refractivity contribution is 0.100. The molecule has 0 aliphatic carbocycles. The molecule has 0 aromatic carbocycles. The fraction of sp³-hybridized carbons (Fsp3) is 0.364. The van der Waals surface area contributed by atoms with Crippen molar-refractivity contribution in [1.29, 1.82) is 0 Å². The van der Waals surface area contributed by atoms with Crippen molar-refractivity contribution in [1.82, 2.24) is 15.0 Å². The van der Waals surface area contributed by atoms with Gasteiger partial charge in [0.15, 0.2) is 0 Å². The molecule has 84 valence electrons. The predicted octanol–water partition coefficient (Wildman–Crippen LogP) is 1.35. The molecule has 1 amide bonds. The zero-order chi connectivity index (χ0) is 11.9. The summed E-state index contributed by atoms with van der Waals surface area (Å²) in [6, 6.07) is 0. The minimum Gasteiger partial charge on any atom is -0.366 e. The molecule has 3 N–H and O–H groups in total. The number of aromatic amines is 1. The summed E-state index contributed by atoms with van der Waals surface area (Å²) in [5.41, 5.74) is 7.08. The lowest BCUT2D eigenvalue weighted by Crippen LogP contribution is -2.17. The third kappa shape index (κ3) is 1.54. The van der Waals surface area contributed by atoms with Crippen LogP contribution in [0.5, 0.6) is 0 Å². The maximum Gasteiger partial charge on any atom is 0.250 e. The molecule has 0 saturated carbocycles. The molecule has 0 aliphatic rings. The first-order chi connectivity index (χ1) is 7.41. The Hall–Kier alpha value is -1.91. The fourth-order valence-electron chi connectivity index (χ4n) is 1.73. The molecule has 0 radical (unpaired) electrons. The molecule has 5 heteroatoms. The van der Waals surface area contributed by atoms with E-state index < -0.39 is 5.91 Å². The summed E-state index contributed by atoms with van der Waals surface area (Å²) in [7, 11) is 0. The fourth-order valence-corrected chi connectivity index (χ4v) is 1.73. The van der Waals surface area contributed by atoms with Gasteiger partial charge in [-0.2, -0.15) is 0 Å². The number of hydrogen-bond donors (Lipinski definition) is 2. The summed E-state index contributed by atoms with van der Waals surface area (Å²) in [6.45, 7) is 6.10. The van der Waals surface area contributed by atoms with Crippen molar-refractivity contribution in [2.24, 2.45) is 5.73 Å². The van der Waals surface area contributed by atoms with Gasteiger partial charge in [-0.1, -0.05) is 20.8 Å². The van der Waals surface area contributed by atoms with Gasteiger partial charge >= 0.3 is 0 Å². The molecule has 0 aliphatic heterocycles. The van der Waals surface area contributed by atoms with Gasteiger partial charge in [-0.25, -0.2) is 9.97 Å². The standard InChI is InChI=1S/C11H14N4O/c1-11(2,3)8-7-6(9(12)16)4-13-10(7)15-5-14-8/h4-5H,1-3H3,(H2,12,16)(H,13,14,15). The van der Waals surface area contributed by atoms with E-state index in [4.69, 9.17) is 5.73 Å². The topological polar surface area (TPSA) is 84.7 Å². The molecule has 0 saturated heterocycles. The van der Waals surface area contributed by atoms with Crippen LogP contribution in [0.4, 0.5) is 0 Å². The second kappa shape index (κ2) is 3.30. The van der Waals surface area contributed by atoms with E-state index in [1.54, 1.807) is 6.20 Å². The van der Waals surface area contributed by atoms with Gasteiger partial charge < -0.3 is 10.7 Å². The minimum absolute atomic E-state index is 0.159. The quantitative estimate of drug-likeness (QED) is 0.757. The number of fused-ring (bicyclic) bond motifs is 1. The Labute approximate surface area is 93.1 Å². The number of hydrogen-bond acceptors (Lipinski definition) is 3. The van der Waals surface area contributed by atoms with Gasteiger partial charge in [0.05, 0.1) is 16.6 Å². The highest BCUT2D eigenvalue weighted by Gasteiger charge is 2.23. The van der Waals surface area contributed by atoms with Crippen LogP contribution >= 0.6 is 0 Å². The molecule has 5 nitrogen and oxygen atoms in total.